The highest BCUT2D eigenvalue weighted by Crippen LogP contribution is 2.20. The second-order valence-corrected chi connectivity index (χ2v) is 6.43. The van der Waals surface area contributed by atoms with E-state index in [2.05, 4.69) is 41.6 Å². The normalized spacial score (nSPS) is 10.5. The topological polar surface area (TPSA) is 84.7 Å². The number of anilines is 2. The highest BCUT2D eigenvalue weighted by molar-refractivity contribution is 9.10. The molecule has 25 heavy (non-hydrogen) atoms. The number of hydrogen-bond donors (Lipinski definition) is 2. The minimum atomic E-state index is -0.259. The van der Waals surface area contributed by atoms with E-state index in [4.69, 9.17) is 0 Å². The lowest BCUT2D eigenvalue weighted by molar-refractivity contribution is 0.102. The van der Waals surface area contributed by atoms with Crippen LogP contribution in [0.1, 0.15) is 21.6 Å². The summed E-state index contributed by atoms with van der Waals surface area (Å²) < 4.78 is 2.35. The first-order chi connectivity index (χ1) is 12.0. The van der Waals surface area contributed by atoms with Crippen molar-refractivity contribution in [1.29, 1.82) is 0 Å². The Kier molecular flexibility index (Phi) is 5.08. The van der Waals surface area contributed by atoms with Gasteiger partial charge in [0, 0.05) is 42.7 Å². The van der Waals surface area contributed by atoms with Crippen LogP contribution in [0.2, 0.25) is 0 Å². The third-order valence-corrected chi connectivity index (χ3v) is 3.96. The van der Waals surface area contributed by atoms with Crippen molar-refractivity contribution in [3.8, 4) is 0 Å². The van der Waals surface area contributed by atoms with E-state index in [1.807, 2.05) is 25.1 Å². The standard InChI is InChI=1S/C17H17BrN6O/c1-11-6-15(24(2)23-11)22-17(25)14-7-13(18)10-21-16(14)20-9-12-4-3-5-19-8-12/h3-8,10H,9H2,1-2H3,(H,20,21)(H,22,25). The lowest BCUT2D eigenvalue weighted by Crippen LogP contribution is -2.17. The Labute approximate surface area is 153 Å². The summed E-state index contributed by atoms with van der Waals surface area (Å²) in [5, 5.41) is 10.3. The van der Waals surface area contributed by atoms with Crippen molar-refractivity contribution in [2.45, 2.75) is 13.5 Å². The van der Waals surface area contributed by atoms with Gasteiger partial charge in [0.1, 0.15) is 11.6 Å². The van der Waals surface area contributed by atoms with Gasteiger partial charge in [0.05, 0.1) is 11.3 Å². The third-order valence-electron chi connectivity index (χ3n) is 3.53. The minimum Gasteiger partial charge on any atom is -0.365 e. The maximum absolute atomic E-state index is 12.7. The van der Waals surface area contributed by atoms with E-state index in [0.29, 0.717) is 23.7 Å². The molecule has 0 bridgehead atoms. The molecule has 0 saturated carbocycles. The van der Waals surface area contributed by atoms with Crippen LogP contribution in [-0.4, -0.2) is 25.7 Å². The number of rotatable bonds is 5. The van der Waals surface area contributed by atoms with Crippen molar-refractivity contribution in [2.24, 2.45) is 7.05 Å². The molecule has 3 aromatic rings. The zero-order valence-corrected chi connectivity index (χ0v) is 15.4. The van der Waals surface area contributed by atoms with Gasteiger partial charge in [-0.25, -0.2) is 4.98 Å². The van der Waals surface area contributed by atoms with Crippen molar-refractivity contribution >= 4 is 33.5 Å². The quantitative estimate of drug-likeness (QED) is 0.686. The van der Waals surface area contributed by atoms with Crippen LogP contribution in [0, 0.1) is 6.92 Å². The predicted molar refractivity (Wildman–Crippen MR) is 99.4 cm³/mol. The van der Waals surface area contributed by atoms with Crippen LogP contribution in [-0.2, 0) is 13.6 Å². The Morgan fingerprint density at radius 3 is 2.84 bits per heavy atom. The number of halogens is 1. The lowest BCUT2D eigenvalue weighted by atomic mass is 10.2. The van der Waals surface area contributed by atoms with E-state index in [1.165, 1.54) is 0 Å². The SMILES string of the molecule is Cc1cc(NC(=O)c2cc(Br)cnc2NCc2cccnc2)n(C)n1. The van der Waals surface area contributed by atoms with E-state index >= 15 is 0 Å². The molecule has 3 heterocycles. The summed E-state index contributed by atoms with van der Waals surface area (Å²) in [5.74, 6) is 0.870. The second kappa shape index (κ2) is 7.43. The van der Waals surface area contributed by atoms with Crippen LogP contribution < -0.4 is 10.6 Å². The van der Waals surface area contributed by atoms with Gasteiger partial charge in [-0.05, 0) is 40.5 Å². The van der Waals surface area contributed by atoms with Gasteiger partial charge in [-0.3, -0.25) is 14.5 Å². The number of nitrogens with zero attached hydrogens (tertiary/aromatic N) is 4. The van der Waals surface area contributed by atoms with Crippen molar-refractivity contribution < 1.29 is 4.79 Å². The Balaban J connectivity index is 1.81. The average molecular weight is 401 g/mol. The molecule has 0 fully saturated rings. The van der Waals surface area contributed by atoms with Gasteiger partial charge in [-0.2, -0.15) is 5.10 Å². The number of aryl methyl sites for hydroxylation is 2. The molecule has 1 amide bonds. The molecule has 0 aliphatic heterocycles. The van der Waals surface area contributed by atoms with Crippen LogP contribution in [0.15, 0.2) is 47.3 Å². The van der Waals surface area contributed by atoms with Gasteiger partial charge in [-0.1, -0.05) is 6.07 Å². The van der Waals surface area contributed by atoms with E-state index in [1.54, 1.807) is 36.4 Å². The van der Waals surface area contributed by atoms with Gasteiger partial charge in [0.15, 0.2) is 0 Å². The number of nitrogens with one attached hydrogen (secondary N) is 2. The van der Waals surface area contributed by atoms with Crippen LogP contribution in [0.4, 0.5) is 11.6 Å². The zero-order chi connectivity index (χ0) is 17.8. The summed E-state index contributed by atoms with van der Waals surface area (Å²) in [6.07, 6.45) is 5.14. The van der Waals surface area contributed by atoms with Gasteiger partial charge >= 0.3 is 0 Å². The molecular weight excluding hydrogens is 384 g/mol. The van der Waals surface area contributed by atoms with E-state index in [-0.39, 0.29) is 5.91 Å². The molecule has 0 atom stereocenters. The zero-order valence-electron chi connectivity index (χ0n) is 13.8. The maximum atomic E-state index is 12.7. The molecule has 0 aromatic carbocycles. The molecule has 8 heteroatoms. The first-order valence-corrected chi connectivity index (χ1v) is 8.42. The molecule has 0 unspecified atom stereocenters. The van der Waals surface area contributed by atoms with Crippen LogP contribution in [0.25, 0.3) is 0 Å². The van der Waals surface area contributed by atoms with Crippen molar-refractivity contribution in [1.82, 2.24) is 19.7 Å². The Morgan fingerprint density at radius 2 is 2.16 bits per heavy atom. The van der Waals surface area contributed by atoms with Crippen molar-refractivity contribution in [3.63, 3.8) is 0 Å². The van der Waals surface area contributed by atoms with E-state index < -0.39 is 0 Å². The molecule has 128 valence electrons. The van der Waals surface area contributed by atoms with Gasteiger partial charge in [0.25, 0.3) is 5.91 Å². The highest BCUT2D eigenvalue weighted by Gasteiger charge is 2.15. The first-order valence-electron chi connectivity index (χ1n) is 7.63. The molecule has 0 radical (unpaired) electrons. The molecule has 3 aromatic heterocycles. The molecule has 0 aliphatic carbocycles. The second-order valence-electron chi connectivity index (χ2n) is 5.51. The van der Waals surface area contributed by atoms with Gasteiger partial charge in [0.2, 0.25) is 0 Å². The first kappa shape index (κ1) is 17.1. The molecular formula is C17H17BrN6O. The average Bonchev–Trinajstić information content (AvgIpc) is 2.91. The van der Waals surface area contributed by atoms with E-state index in [9.17, 15) is 4.79 Å². The molecule has 3 rings (SSSR count). The third kappa shape index (κ3) is 4.21. The maximum Gasteiger partial charge on any atom is 0.260 e. The molecule has 7 nitrogen and oxygen atoms in total. The number of carbonyl (C=O) groups is 1. The predicted octanol–water partition coefficient (Wildman–Crippen LogP) is 3.15. The smallest absolute Gasteiger partial charge is 0.260 e. The number of hydrogen-bond acceptors (Lipinski definition) is 5. The van der Waals surface area contributed by atoms with Crippen molar-refractivity contribution in [2.75, 3.05) is 10.6 Å². The van der Waals surface area contributed by atoms with Gasteiger partial charge < -0.3 is 10.6 Å². The number of aromatic nitrogens is 4. The largest absolute Gasteiger partial charge is 0.365 e. The number of pyridine rings is 2. The fraction of sp³-hybridized carbons (Fsp3) is 0.176. The fourth-order valence-corrected chi connectivity index (χ4v) is 2.68. The summed E-state index contributed by atoms with van der Waals surface area (Å²) in [6, 6.07) is 7.37. The summed E-state index contributed by atoms with van der Waals surface area (Å²) in [4.78, 5) is 21.1. The molecule has 0 aliphatic rings. The summed E-state index contributed by atoms with van der Waals surface area (Å²) in [7, 11) is 1.78. The highest BCUT2D eigenvalue weighted by atomic mass is 79.9. The Hall–Kier alpha value is -2.74. The lowest BCUT2D eigenvalue weighted by Gasteiger charge is -2.12. The van der Waals surface area contributed by atoms with Gasteiger partial charge in [-0.15, -0.1) is 0 Å². The van der Waals surface area contributed by atoms with Crippen molar-refractivity contribution in [3.05, 3.63) is 64.1 Å². The molecule has 0 spiro atoms. The molecule has 0 saturated heterocycles. The summed E-state index contributed by atoms with van der Waals surface area (Å²) in [6.45, 7) is 2.39. The Bertz CT molecular complexity index is 893. The minimum absolute atomic E-state index is 0.259. The van der Waals surface area contributed by atoms with Crippen LogP contribution >= 0.6 is 15.9 Å². The summed E-state index contributed by atoms with van der Waals surface area (Å²) in [5.41, 5.74) is 2.28. The summed E-state index contributed by atoms with van der Waals surface area (Å²) >= 11 is 3.37. The van der Waals surface area contributed by atoms with Crippen LogP contribution in [0.5, 0.6) is 0 Å². The Morgan fingerprint density at radius 1 is 1.32 bits per heavy atom. The van der Waals surface area contributed by atoms with Crippen LogP contribution in [0.3, 0.4) is 0 Å². The van der Waals surface area contributed by atoms with E-state index in [0.717, 1.165) is 15.7 Å². The monoisotopic (exact) mass is 400 g/mol. The number of amides is 1. The molecule has 2 N–H and O–H groups in total. The number of carbonyl (C=O) groups excluding carboxylic acids is 1. The fourth-order valence-electron chi connectivity index (χ4n) is 2.35.